The topological polar surface area (TPSA) is 29.0 Å². The average Bonchev–Trinajstić information content (AvgIpc) is 2.69. The third kappa shape index (κ3) is 2.34. The van der Waals surface area contributed by atoms with E-state index < -0.39 is 11.9 Å². The van der Waals surface area contributed by atoms with Crippen molar-refractivity contribution in [3.05, 3.63) is 18.0 Å². The van der Waals surface area contributed by atoms with E-state index in [2.05, 4.69) is 9.97 Å². The van der Waals surface area contributed by atoms with Gasteiger partial charge in [0.1, 0.15) is 5.69 Å². The first-order valence-corrected chi connectivity index (χ1v) is 5.46. The van der Waals surface area contributed by atoms with Crippen LogP contribution in [0.25, 0.3) is 0 Å². The number of alkyl halides is 3. The standard InChI is InChI=1S/C8H8F3N3S/c9-8(10,11)6-1-2-12-7(13-6)14-3-4-15-5-14/h1-2H,3-5H2. The van der Waals surface area contributed by atoms with Gasteiger partial charge in [-0.15, -0.1) is 11.8 Å². The summed E-state index contributed by atoms with van der Waals surface area (Å²) in [5.74, 6) is 1.72. The molecule has 1 aliphatic rings. The van der Waals surface area contributed by atoms with E-state index >= 15 is 0 Å². The van der Waals surface area contributed by atoms with E-state index in [1.54, 1.807) is 16.7 Å². The molecule has 0 N–H and O–H groups in total. The van der Waals surface area contributed by atoms with Crippen LogP contribution in [0.15, 0.2) is 12.3 Å². The van der Waals surface area contributed by atoms with Crippen molar-refractivity contribution in [2.24, 2.45) is 0 Å². The molecule has 1 aromatic heterocycles. The Kier molecular flexibility index (Phi) is 2.72. The summed E-state index contributed by atoms with van der Waals surface area (Å²) < 4.78 is 37.0. The molecule has 2 rings (SSSR count). The maximum atomic E-state index is 12.3. The maximum absolute atomic E-state index is 12.3. The molecule has 0 atom stereocenters. The molecule has 82 valence electrons. The summed E-state index contributed by atoms with van der Waals surface area (Å²) in [4.78, 5) is 9.07. The number of hydrogen-bond donors (Lipinski definition) is 0. The van der Waals surface area contributed by atoms with E-state index in [9.17, 15) is 13.2 Å². The Balaban J connectivity index is 2.26. The predicted octanol–water partition coefficient (Wildman–Crippen LogP) is 2.01. The van der Waals surface area contributed by atoms with E-state index in [1.165, 1.54) is 0 Å². The Morgan fingerprint density at radius 3 is 2.80 bits per heavy atom. The monoisotopic (exact) mass is 235 g/mol. The minimum atomic E-state index is -4.40. The fourth-order valence-electron chi connectivity index (χ4n) is 1.23. The van der Waals surface area contributed by atoms with Crippen molar-refractivity contribution in [3.8, 4) is 0 Å². The number of halogens is 3. The molecule has 0 spiro atoms. The fourth-order valence-corrected chi connectivity index (χ4v) is 2.17. The van der Waals surface area contributed by atoms with E-state index in [1.807, 2.05) is 0 Å². The van der Waals surface area contributed by atoms with Gasteiger partial charge in [-0.2, -0.15) is 13.2 Å². The second kappa shape index (κ2) is 3.88. The summed E-state index contributed by atoms with van der Waals surface area (Å²) in [6, 6.07) is 0.882. The number of thioether (sulfide) groups is 1. The minimum Gasteiger partial charge on any atom is -0.331 e. The molecule has 0 amide bonds. The Morgan fingerprint density at radius 1 is 1.40 bits per heavy atom. The zero-order valence-electron chi connectivity index (χ0n) is 7.66. The van der Waals surface area contributed by atoms with Crippen molar-refractivity contribution in [1.29, 1.82) is 0 Å². The summed E-state index contributed by atoms with van der Waals surface area (Å²) in [7, 11) is 0. The van der Waals surface area contributed by atoms with Crippen molar-refractivity contribution in [1.82, 2.24) is 9.97 Å². The van der Waals surface area contributed by atoms with Crippen molar-refractivity contribution in [3.63, 3.8) is 0 Å². The smallest absolute Gasteiger partial charge is 0.331 e. The normalized spacial score (nSPS) is 17.1. The maximum Gasteiger partial charge on any atom is 0.433 e. The molecule has 15 heavy (non-hydrogen) atoms. The summed E-state index contributed by atoms with van der Waals surface area (Å²) in [5, 5.41) is 0. The number of rotatable bonds is 1. The van der Waals surface area contributed by atoms with Gasteiger partial charge >= 0.3 is 6.18 Å². The van der Waals surface area contributed by atoms with Gasteiger partial charge in [-0.25, -0.2) is 9.97 Å². The summed E-state index contributed by atoms with van der Waals surface area (Å²) in [6.07, 6.45) is -3.25. The number of anilines is 1. The lowest BCUT2D eigenvalue weighted by molar-refractivity contribution is -0.141. The SMILES string of the molecule is FC(F)(F)c1ccnc(N2CCSC2)n1. The molecule has 0 aromatic carbocycles. The first-order chi connectivity index (χ1) is 7.07. The predicted molar refractivity (Wildman–Crippen MR) is 51.7 cm³/mol. The van der Waals surface area contributed by atoms with Crippen LogP contribution in [0.3, 0.4) is 0 Å². The lowest BCUT2D eigenvalue weighted by Crippen LogP contribution is -2.22. The average molecular weight is 235 g/mol. The summed E-state index contributed by atoms with van der Waals surface area (Å²) in [5.41, 5.74) is -0.885. The molecule has 0 saturated carbocycles. The van der Waals surface area contributed by atoms with Crippen molar-refractivity contribution in [2.75, 3.05) is 23.1 Å². The highest BCUT2D eigenvalue weighted by Gasteiger charge is 2.33. The Morgan fingerprint density at radius 2 is 2.20 bits per heavy atom. The third-order valence-electron chi connectivity index (χ3n) is 1.97. The minimum absolute atomic E-state index is 0.162. The summed E-state index contributed by atoms with van der Waals surface area (Å²) in [6.45, 7) is 0.700. The van der Waals surface area contributed by atoms with Gasteiger partial charge in [0.05, 0.1) is 5.88 Å². The molecule has 2 heterocycles. The molecule has 1 saturated heterocycles. The Labute approximate surface area is 88.7 Å². The van der Waals surface area contributed by atoms with Gasteiger partial charge in [0.2, 0.25) is 5.95 Å². The quantitative estimate of drug-likeness (QED) is 0.744. The van der Waals surface area contributed by atoms with Crippen LogP contribution in [0.5, 0.6) is 0 Å². The fraction of sp³-hybridized carbons (Fsp3) is 0.500. The van der Waals surface area contributed by atoms with E-state index in [0.29, 0.717) is 12.4 Å². The second-order valence-corrected chi connectivity index (χ2v) is 4.12. The van der Waals surface area contributed by atoms with Crippen LogP contribution in [-0.4, -0.2) is 28.1 Å². The molecule has 0 bridgehead atoms. The van der Waals surface area contributed by atoms with E-state index in [0.717, 1.165) is 18.0 Å². The first kappa shape index (κ1) is 10.5. The Hall–Kier alpha value is -0.980. The number of hydrogen-bond acceptors (Lipinski definition) is 4. The van der Waals surface area contributed by atoms with Gasteiger partial charge in [0.25, 0.3) is 0 Å². The molecule has 1 fully saturated rings. The second-order valence-electron chi connectivity index (χ2n) is 3.04. The molecule has 0 radical (unpaired) electrons. The highest BCUT2D eigenvalue weighted by Crippen LogP contribution is 2.28. The lowest BCUT2D eigenvalue weighted by atomic mass is 10.4. The number of nitrogens with zero attached hydrogens (tertiary/aromatic N) is 3. The lowest BCUT2D eigenvalue weighted by Gasteiger charge is -2.15. The van der Waals surface area contributed by atoms with Crippen LogP contribution in [0.1, 0.15) is 5.69 Å². The van der Waals surface area contributed by atoms with Crippen LogP contribution in [0.4, 0.5) is 19.1 Å². The molecule has 7 heteroatoms. The largest absolute Gasteiger partial charge is 0.433 e. The van der Waals surface area contributed by atoms with Gasteiger partial charge < -0.3 is 4.90 Å². The van der Waals surface area contributed by atoms with Gasteiger partial charge in [0, 0.05) is 18.5 Å². The molecule has 0 aliphatic carbocycles. The molecular formula is C8H8F3N3S. The highest BCUT2D eigenvalue weighted by molar-refractivity contribution is 7.99. The van der Waals surface area contributed by atoms with Crippen molar-refractivity contribution < 1.29 is 13.2 Å². The van der Waals surface area contributed by atoms with Crippen LogP contribution in [-0.2, 0) is 6.18 Å². The molecule has 1 aliphatic heterocycles. The van der Waals surface area contributed by atoms with Gasteiger partial charge in [-0.05, 0) is 6.07 Å². The molecule has 0 unspecified atom stereocenters. The van der Waals surface area contributed by atoms with Crippen molar-refractivity contribution in [2.45, 2.75) is 6.18 Å². The molecule has 3 nitrogen and oxygen atoms in total. The zero-order valence-corrected chi connectivity index (χ0v) is 8.48. The number of aromatic nitrogens is 2. The van der Waals surface area contributed by atoms with E-state index in [4.69, 9.17) is 0 Å². The van der Waals surface area contributed by atoms with E-state index in [-0.39, 0.29) is 5.95 Å². The molecule has 1 aromatic rings. The van der Waals surface area contributed by atoms with Crippen LogP contribution < -0.4 is 4.90 Å². The van der Waals surface area contributed by atoms with Crippen LogP contribution >= 0.6 is 11.8 Å². The molecular weight excluding hydrogens is 227 g/mol. The summed E-state index contributed by atoms with van der Waals surface area (Å²) >= 11 is 1.66. The third-order valence-corrected chi connectivity index (χ3v) is 2.93. The van der Waals surface area contributed by atoms with Crippen LogP contribution in [0.2, 0.25) is 0 Å². The zero-order chi connectivity index (χ0) is 10.9. The van der Waals surface area contributed by atoms with Gasteiger partial charge in [-0.3, -0.25) is 0 Å². The van der Waals surface area contributed by atoms with Gasteiger partial charge in [-0.1, -0.05) is 0 Å². The van der Waals surface area contributed by atoms with Crippen LogP contribution in [0, 0.1) is 0 Å². The highest BCUT2D eigenvalue weighted by atomic mass is 32.2. The van der Waals surface area contributed by atoms with Gasteiger partial charge in [0.15, 0.2) is 0 Å². The van der Waals surface area contributed by atoms with Crippen molar-refractivity contribution >= 4 is 17.7 Å². The Bertz CT molecular complexity index is 349. The first-order valence-electron chi connectivity index (χ1n) is 4.30.